The van der Waals surface area contributed by atoms with E-state index in [2.05, 4.69) is 15.2 Å². The first kappa shape index (κ1) is 24.2. The summed E-state index contributed by atoms with van der Waals surface area (Å²) in [5.41, 5.74) is 4.83. The number of nitrogens with zero attached hydrogens (tertiary/aromatic N) is 2. The minimum atomic E-state index is -1.06. The average Bonchev–Trinajstić information content (AvgIpc) is 3.52. The van der Waals surface area contributed by atoms with Crippen LogP contribution < -0.4 is 4.74 Å². The first-order valence-corrected chi connectivity index (χ1v) is 12.7. The van der Waals surface area contributed by atoms with Gasteiger partial charge < -0.3 is 9.72 Å². The molecule has 1 heterocycles. The summed E-state index contributed by atoms with van der Waals surface area (Å²) in [6.07, 6.45) is 1.60. The molecule has 0 radical (unpaired) electrons. The van der Waals surface area contributed by atoms with E-state index in [9.17, 15) is 9.59 Å². The first-order chi connectivity index (χ1) is 19.1. The summed E-state index contributed by atoms with van der Waals surface area (Å²) in [6.45, 7) is 0. The molecule has 190 valence electrons. The Morgan fingerprint density at radius 3 is 2.15 bits per heavy atom. The van der Waals surface area contributed by atoms with Crippen LogP contribution >= 0.6 is 0 Å². The van der Waals surface area contributed by atoms with Crippen molar-refractivity contribution in [1.29, 1.82) is 0 Å². The lowest BCUT2D eigenvalue weighted by Crippen LogP contribution is -2.31. The summed E-state index contributed by atoms with van der Waals surface area (Å²) in [5, 5.41) is 9.79. The Morgan fingerprint density at radius 2 is 1.49 bits per heavy atom. The molecule has 6 heteroatoms. The van der Waals surface area contributed by atoms with Crippen molar-refractivity contribution in [2.24, 2.45) is 16.1 Å². The van der Waals surface area contributed by atoms with Crippen LogP contribution in [-0.4, -0.2) is 35.6 Å². The summed E-state index contributed by atoms with van der Waals surface area (Å²) in [5.74, 6) is -1.39. The minimum Gasteiger partial charge on any atom is -0.497 e. The van der Waals surface area contributed by atoms with Gasteiger partial charge in [0, 0.05) is 22.0 Å². The van der Waals surface area contributed by atoms with Crippen LogP contribution in [0.25, 0.3) is 10.9 Å². The normalized spacial score (nSPS) is 15.9. The highest BCUT2D eigenvalue weighted by Crippen LogP contribution is 2.35. The Kier molecular flexibility index (Phi) is 6.43. The molecule has 1 aliphatic carbocycles. The maximum Gasteiger partial charge on any atom is 0.180 e. The Hall–Kier alpha value is -5.10. The predicted molar refractivity (Wildman–Crippen MR) is 153 cm³/mol. The third-order valence-corrected chi connectivity index (χ3v) is 7.05. The molecule has 6 nitrogen and oxygen atoms in total. The second-order valence-corrected chi connectivity index (χ2v) is 9.41. The van der Waals surface area contributed by atoms with E-state index < -0.39 is 11.8 Å². The fraction of sp³-hybridized carbons (Fsp3) is 0.0909. The van der Waals surface area contributed by atoms with E-state index in [0.717, 1.165) is 33.5 Å². The second kappa shape index (κ2) is 10.3. The number of benzene rings is 4. The molecule has 0 bridgehead atoms. The molecule has 1 aromatic heterocycles. The molecule has 0 saturated carbocycles. The van der Waals surface area contributed by atoms with Crippen molar-refractivity contribution in [2.75, 3.05) is 7.11 Å². The maximum absolute atomic E-state index is 14.3. The summed E-state index contributed by atoms with van der Waals surface area (Å²) in [4.78, 5) is 31.2. The predicted octanol–water partition coefficient (Wildman–Crippen LogP) is 6.21. The highest BCUT2D eigenvalue weighted by Gasteiger charge is 2.44. The number of ketones is 2. The molecule has 0 spiro atoms. The van der Waals surface area contributed by atoms with Crippen LogP contribution in [0.2, 0.25) is 0 Å². The number of ether oxygens (including phenoxy) is 1. The van der Waals surface area contributed by atoms with E-state index in [1.54, 1.807) is 25.5 Å². The van der Waals surface area contributed by atoms with Crippen molar-refractivity contribution in [3.8, 4) is 5.75 Å². The SMILES string of the molecule is COc1ccc2[nH]c(C=NN=C3c4ccccc4C(=O)C3C(=O)C(c3ccccc3)c3ccccc3)cc2c1. The Balaban J connectivity index is 1.40. The number of H-pyrrole nitrogens is 1. The molecule has 0 fully saturated rings. The molecule has 0 amide bonds. The van der Waals surface area contributed by atoms with Crippen LogP contribution in [0.3, 0.4) is 0 Å². The molecule has 1 N–H and O–H groups in total. The standard InChI is InChI=1S/C33H25N3O3/c1-39-25-16-17-28-23(19-25)18-24(35-28)20-34-36-31-26-14-8-9-15-27(26)32(37)30(31)33(38)29(21-10-4-2-5-11-21)22-12-6-3-7-13-22/h2-20,29-30,35H,1H3. The molecule has 6 rings (SSSR count). The van der Waals surface area contributed by atoms with Crippen molar-refractivity contribution in [3.63, 3.8) is 0 Å². The zero-order valence-electron chi connectivity index (χ0n) is 21.2. The van der Waals surface area contributed by atoms with Gasteiger partial charge >= 0.3 is 0 Å². The minimum absolute atomic E-state index is 0.222. The van der Waals surface area contributed by atoms with Gasteiger partial charge in [0.2, 0.25) is 0 Å². The Morgan fingerprint density at radius 1 is 0.846 bits per heavy atom. The number of hydrogen-bond donors (Lipinski definition) is 1. The van der Waals surface area contributed by atoms with Gasteiger partial charge in [0.1, 0.15) is 11.7 Å². The summed E-state index contributed by atoms with van der Waals surface area (Å²) in [6, 6.07) is 34.0. The molecule has 0 saturated heterocycles. The van der Waals surface area contributed by atoms with E-state index in [0.29, 0.717) is 16.8 Å². The number of aromatic amines is 1. The van der Waals surface area contributed by atoms with Gasteiger partial charge in [-0.3, -0.25) is 9.59 Å². The molecule has 0 aliphatic heterocycles. The number of methoxy groups -OCH3 is 1. The van der Waals surface area contributed by atoms with Crippen LogP contribution in [0.4, 0.5) is 0 Å². The van der Waals surface area contributed by atoms with Gasteiger partial charge in [-0.1, -0.05) is 84.9 Å². The monoisotopic (exact) mass is 511 g/mol. The zero-order chi connectivity index (χ0) is 26.8. The molecule has 5 aromatic rings. The van der Waals surface area contributed by atoms with Gasteiger partial charge in [-0.25, -0.2) is 0 Å². The molecule has 1 atom stereocenters. The Bertz CT molecular complexity index is 1700. The molecule has 1 aliphatic rings. The van der Waals surface area contributed by atoms with E-state index in [1.807, 2.05) is 97.1 Å². The quantitative estimate of drug-likeness (QED) is 0.160. The lowest BCUT2D eigenvalue weighted by atomic mass is 9.80. The van der Waals surface area contributed by atoms with Gasteiger partial charge in [-0.15, -0.1) is 0 Å². The van der Waals surface area contributed by atoms with Crippen molar-refractivity contribution in [2.45, 2.75) is 5.92 Å². The fourth-order valence-corrected chi connectivity index (χ4v) is 5.19. The molecule has 1 unspecified atom stereocenters. The summed E-state index contributed by atoms with van der Waals surface area (Å²) >= 11 is 0. The lowest BCUT2D eigenvalue weighted by Gasteiger charge is -2.20. The van der Waals surface area contributed by atoms with Gasteiger partial charge in [-0.2, -0.15) is 10.2 Å². The summed E-state index contributed by atoms with van der Waals surface area (Å²) < 4.78 is 5.31. The third-order valence-electron chi connectivity index (χ3n) is 7.05. The summed E-state index contributed by atoms with van der Waals surface area (Å²) in [7, 11) is 1.63. The van der Waals surface area contributed by atoms with E-state index in [-0.39, 0.29) is 11.6 Å². The number of Topliss-reactive ketones (excluding diaryl/α,β-unsaturated/α-hetero) is 2. The van der Waals surface area contributed by atoms with Crippen molar-refractivity contribution in [1.82, 2.24) is 4.98 Å². The van der Waals surface area contributed by atoms with Gasteiger partial charge in [0.05, 0.1) is 30.6 Å². The zero-order valence-corrected chi connectivity index (χ0v) is 21.2. The van der Waals surface area contributed by atoms with Crippen molar-refractivity contribution in [3.05, 3.63) is 137 Å². The largest absolute Gasteiger partial charge is 0.497 e. The van der Waals surface area contributed by atoms with E-state index >= 15 is 0 Å². The topological polar surface area (TPSA) is 83.9 Å². The number of rotatable bonds is 7. The smallest absolute Gasteiger partial charge is 0.180 e. The van der Waals surface area contributed by atoms with Crippen LogP contribution in [0, 0.1) is 5.92 Å². The van der Waals surface area contributed by atoms with Crippen LogP contribution in [0.1, 0.15) is 38.7 Å². The molecular formula is C33H25N3O3. The fourth-order valence-electron chi connectivity index (χ4n) is 5.19. The number of fused-ring (bicyclic) bond motifs is 2. The van der Waals surface area contributed by atoms with Crippen LogP contribution in [-0.2, 0) is 4.79 Å². The highest BCUT2D eigenvalue weighted by atomic mass is 16.5. The van der Waals surface area contributed by atoms with Crippen molar-refractivity contribution >= 4 is 34.4 Å². The number of aromatic nitrogens is 1. The third kappa shape index (κ3) is 4.57. The number of carbonyl (C=O) groups is 2. The van der Waals surface area contributed by atoms with Gasteiger partial charge in [-0.05, 0) is 35.4 Å². The second-order valence-electron chi connectivity index (χ2n) is 9.41. The number of hydrogen-bond acceptors (Lipinski definition) is 5. The van der Waals surface area contributed by atoms with Crippen LogP contribution in [0.5, 0.6) is 5.75 Å². The first-order valence-electron chi connectivity index (χ1n) is 12.7. The maximum atomic E-state index is 14.3. The van der Waals surface area contributed by atoms with Crippen LogP contribution in [0.15, 0.2) is 119 Å². The number of nitrogens with one attached hydrogen (secondary N) is 1. The molecule has 39 heavy (non-hydrogen) atoms. The van der Waals surface area contributed by atoms with Gasteiger partial charge in [0.15, 0.2) is 11.6 Å². The molecule has 4 aromatic carbocycles. The van der Waals surface area contributed by atoms with Gasteiger partial charge in [0.25, 0.3) is 0 Å². The van der Waals surface area contributed by atoms with Crippen molar-refractivity contribution < 1.29 is 14.3 Å². The average molecular weight is 512 g/mol. The Labute approximate surface area is 225 Å². The van der Waals surface area contributed by atoms with E-state index in [1.165, 1.54) is 0 Å². The van der Waals surface area contributed by atoms with E-state index in [4.69, 9.17) is 4.74 Å². The molecular weight excluding hydrogens is 486 g/mol. The number of carbonyl (C=O) groups excluding carboxylic acids is 2. The highest BCUT2D eigenvalue weighted by molar-refractivity contribution is 6.38. The lowest BCUT2D eigenvalue weighted by molar-refractivity contribution is -0.120.